The molecule has 1 unspecified atom stereocenters. The molecule has 3 heterocycles. The first kappa shape index (κ1) is 24.2. The molecule has 2 aromatic carbocycles. The van der Waals surface area contributed by atoms with E-state index in [1.807, 2.05) is 43.3 Å². The van der Waals surface area contributed by atoms with Gasteiger partial charge in [0.05, 0.1) is 23.1 Å². The molecule has 1 aliphatic rings. The Morgan fingerprint density at radius 2 is 1.94 bits per heavy atom. The molecule has 182 valence electrons. The maximum absolute atomic E-state index is 13.4. The maximum atomic E-state index is 13.4. The maximum Gasteiger partial charge on any atom is 0.296 e. The van der Waals surface area contributed by atoms with Crippen molar-refractivity contribution in [1.29, 1.82) is 0 Å². The van der Waals surface area contributed by atoms with Crippen molar-refractivity contribution in [3.63, 3.8) is 0 Å². The summed E-state index contributed by atoms with van der Waals surface area (Å²) in [6.07, 6.45) is 0. The van der Waals surface area contributed by atoms with Crippen LogP contribution in [0.5, 0.6) is 5.75 Å². The highest BCUT2D eigenvalue weighted by atomic mass is 32.2. The predicted octanol–water partition coefficient (Wildman–Crippen LogP) is 6.07. The molecular weight excluding hydrogens is 515 g/mol. The molecule has 1 amide bonds. The molecule has 0 saturated carbocycles. The van der Waals surface area contributed by atoms with Crippen LogP contribution in [0, 0.1) is 0 Å². The van der Waals surface area contributed by atoms with Gasteiger partial charge in [0.1, 0.15) is 5.75 Å². The van der Waals surface area contributed by atoms with Crippen LogP contribution in [0.4, 0.5) is 5.13 Å². The quantitative estimate of drug-likeness (QED) is 0.158. The predicted molar refractivity (Wildman–Crippen MR) is 142 cm³/mol. The van der Waals surface area contributed by atoms with E-state index in [0.717, 1.165) is 5.56 Å². The van der Waals surface area contributed by atoms with Crippen molar-refractivity contribution < 1.29 is 19.4 Å². The molecule has 10 heteroatoms. The van der Waals surface area contributed by atoms with Crippen molar-refractivity contribution >= 4 is 51.3 Å². The van der Waals surface area contributed by atoms with Gasteiger partial charge in [0.15, 0.2) is 10.1 Å². The van der Waals surface area contributed by atoms with Crippen molar-refractivity contribution in [2.24, 2.45) is 0 Å². The monoisotopic (exact) mass is 535 g/mol. The number of aromatic nitrogens is 2. The highest BCUT2D eigenvalue weighted by Gasteiger charge is 2.46. The van der Waals surface area contributed by atoms with Crippen molar-refractivity contribution in [2.75, 3.05) is 11.5 Å². The van der Waals surface area contributed by atoms with Crippen LogP contribution in [0.25, 0.3) is 0 Å². The van der Waals surface area contributed by atoms with Gasteiger partial charge in [0.2, 0.25) is 10.9 Å². The molecule has 1 aliphatic heterocycles. The number of ketones is 1. The van der Waals surface area contributed by atoms with E-state index in [-0.39, 0.29) is 5.57 Å². The smallest absolute Gasteiger partial charge is 0.296 e. The molecule has 36 heavy (non-hydrogen) atoms. The van der Waals surface area contributed by atoms with E-state index in [9.17, 15) is 14.7 Å². The number of hydrogen-bond acceptors (Lipinski definition) is 9. The average Bonchev–Trinajstić information content (AvgIpc) is 3.64. The van der Waals surface area contributed by atoms with Crippen LogP contribution >= 0.6 is 34.4 Å². The summed E-state index contributed by atoms with van der Waals surface area (Å²) in [4.78, 5) is 28.6. The highest BCUT2D eigenvalue weighted by Crippen LogP contribution is 2.44. The molecule has 4 aromatic rings. The van der Waals surface area contributed by atoms with Crippen LogP contribution in [0.2, 0.25) is 0 Å². The molecular formula is C26H21N3O4S3. The normalized spacial score (nSPS) is 15.5. The van der Waals surface area contributed by atoms with E-state index >= 15 is 0 Å². The molecule has 0 spiro atoms. The largest absolute Gasteiger partial charge is 0.503 e. The third-order valence-corrected chi connectivity index (χ3v) is 8.49. The Bertz CT molecular complexity index is 1420. The molecule has 1 N–H and O–H groups in total. The third-order valence-electron chi connectivity index (χ3n) is 5.49. The Kier molecular flexibility index (Phi) is 7.17. The lowest BCUT2D eigenvalue weighted by Gasteiger charge is -2.24. The Morgan fingerprint density at radius 3 is 2.69 bits per heavy atom. The van der Waals surface area contributed by atoms with E-state index in [4.69, 9.17) is 4.74 Å². The second-order valence-electron chi connectivity index (χ2n) is 7.78. The number of amides is 1. The lowest BCUT2D eigenvalue weighted by atomic mass is 9.95. The summed E-state index contributed by atoms with van der Waals surface area (Å²) in [6, 6.07) is 19.7. The first-order valence-electron chi connectivity index (χ1n) is 11.1. The van der Waals surface area contributed by atoms with E-state index in [2.05, 4.69) is 10.2 Å². The number of thiophene rings is 1. The summed E-state index contributed by atoms with van der Waals surface area (Å²) in [6.45, 7) is 2.35. The van der Waals surface area contributed by atoms with E-state index in [1.165, 1.54) is 39.3 Å². The van der Waals surface area contributed by atoms with Crippen LogP contribution in [0.15, 0.2) is 87.8 Å². The lowest BCUT2D eigenvalue weighted by Crippen LogP contribution is -2.31. The molecule has 0 bridgehead atoms. The van der Waals surface area contributed by atoms with Gasteiger partial charge in [-0.2, -0.15) is 0 Å². The SMILES string of the molecule is CCOc1cccc(C2C(C(=O)c3cccs3)=C(O)C(=O)N2c2nnc(SCc3ccccc3)s2)c1. The van der Waals surface area contributed by atoms with Gasteiger partial charge in [0, 0.05) is 5.75 Å². The van der Waals surface area contributed by atoms with Gasteiger partial charge in [-0.1, -0.05) is 71.6 Å². The van der Waals surface area contributed by atoms with Gasteiger partial charge in [-0.15, -0.1) is 21.5 Å². The second-order valence-corrected chi connectivity index (χ2v) is 10.9. The number of nitrogens with zero attached hydrogens (tertiary/aromatic N) is 3. The topological polar surface area (TPSA) is 92.6 Å². The van der Waals surface area contributed by atoms with Crippen LogP contribution < -0.4 is 9.64 Å². The van der Waals surface area contributed by atoms with E-state index in [1.54, 1.807) is 35.7 Å². The molecule has 0 radical (unpaired) electrons. The highest BCUT2D eigenvalue weighted by molar-refractivity contribution is 8.00. The number of rotatable bonds is 9. The van der Waals surface area contributed by atoms with Gasteiger partial charge >= 0.3 is 0 Å². The van der Waals surface area contributed by atoms with Gasteiger partial charge in [-0.05, 0) is 41.6 Å². The summed E-state index contributed by atoms with van der Waals surface area (Å²) in [5.74, 6) is -0.345. The number of thioether (sulfide) groups is 1. The number of hydrogen-bond donors (Lipinski definition) is 1. The zero-order valence-corrected chi connectivity index (χ0v) is 21.6. The third kappa shape index (κ3) is 4.79. The Hall–Kier alpha value is -3.47. The minimum atomic E-state index is -0.868. The summed E-state index contributed by atoms with van der Waals surface area (Å²) >= 11 is 4.02. The lowest BCUT2D eigenvalue weighted by molar-refractivity contribution is -0.117. The fourth-order valence-corrected chi connectivity index (χ4v) is 6.41. The van der Waals surface area contributed by atoms with E-state index in [0.29, 0.717) is 38.0 Å². The Balaban J connectivity index is 1.51. The number of benzene rings is 2. The number of Topliss-reactive ketones (excluding diaryl/α,β-unsaturated/α-hetero) is 1. The van der Waals surface area contributed by atoms with E-state index < -0.39 is 23.5 Å². The van der Waals surface area contributed by atoms with Gasteiger partial charge < -0.3 is 9.84 Å². The van der Waals surface area contributed by atoms with Crippen LogP contribution in [-0.2, 0) is 10.5 Å². The number of carbonyl (C=O) groups is 2. The van der Waals surface area contributed by atoms with Crippen LogP contribution in [-0.4, -0.2) is 33.6 Å². The van der Waals surface area contributed by atoms with Crippen LogP contribution in [0.3, 0.4) is 0 Å². The number of aliphatic hydroxyl groups excluding tert-OH is 1. The van der Waals surface area contributed by atoms with Gasteiger partial charge in [-0.3, -0.25) is 14.5 Å². The van der Waals surface area contributed by atoms with Gasteiger partial charge in [-0.25, -0.2) is 0 Å². The van der Waals surface area contributed by atoms with Crippen molar-refractivity contribution in [2.45, 2.75) is 23.1 Å². The molecule has 0 aliphatic carbocycles. The second kappa shape index (κ2) is 10.7. The van der Waals surface area contributed by atoms with Gasteiger partial charge in [0.25, 0.3) is 5.91 Å². The Labute approximate surface area is 220 Å². The molecule has 2 aromatic heterocycles. The number of ether oxygens (including phenoxy) is 1. The zero-order valence-electron chi connectivity index (χ0n) is 19.2. The number of carbonyl (C=O) groups excluding carboxylic acids is 2. The average molecular weight is 536 g/mol. The minimum Gasteiger partial charge on any atom is -0.503 e. The summed E-state index contributed by atoms with van der Waals surface area (Å²) in [5, 5.41) is 21.5. The van der Waals surface area contributed by atoms with Crippen molar-refractivity contribution in [1.82, 2.24) is 10.2 Å². The fraction of sp³-hybridized carbons (Fsp3) is 0.154. The Morgan fingerprint density at radius 1 is 1.11 bits per heavy atom. The molecule has 0 fully saturated rings. The molecule has 7 nitrogen and oxygen atoms in total. The fourth-order valence-electron chi connectivity index (χ4n) is 3.91. The first-order chi connectivity index (χ1) is 17.6. The first-order valence-corrected chi connectivity index (χ1v) is 13.8. The number of aliphatic hydroxyl groups is 1. The summed E-state index contributed by atoms with van der Waals surface area (Å²) in [7, 11) is 0. The molecule has 0 saturated heterocycles. The molecule has 1 atom stereocenters. The summed E-state index contributed by atoms with van der Waals surface area (Å²) < 4.78 is 6.33. The molecule has 5 rings (SSSR count). The van der Waals surface area contributed by atoms with Crippen molar-refractivity contribution in [3.05, 3.63) is 99.4 Å². The number of anilines is 1. The van der Waals surface area contributed by atoms with Crippen molar-refractivity contribution in [3.8, 4) is 5.75 Å². The minimum absolute atomic E-state index is 0.0183. The zero-order chi connectivity index (χ0) is 25.1. The standard InChI is InChI=1S/C26H21N3O4S3/c1-2-33-18-11-6-10-17(14-18)21-20(22(30)19-12-7-13-34-19)23(31)24(32)29(21)25-27-28-26(36-25)35-15-16-8-4-3-5-9-16/h3-14,21,31H,2,15H2,1H3. The van der Waals surface area contributed by atoms with Crippen LogP contribution in [0.1, 0.15) is 33.8 Å². The summed E-state index contributed by atoms with van der Waals surface area (Å²) in [5.41, 5.74) is 1.79.